The summed E-state index contributed by atoms with van der Waals surface area (Å²) >= 11 is 0. The van der Waals surface area contributed by atoms with Crippen LogP contribution in [0.2, 0.25) is 0 Å². The molecule has 1 unspecified atom stereocenters. The highest BCUT2D eigenvalue weighted by Crippen LogP contribution is 2.25. The lowest BCUT2D eigenvalue weighted by Crippen LogP contribution is -2.41. The minimum atomic E-state index is 0.0523. The maximum atomic E-state index is 11.7. The molecule has 2 saturated heterocycles. The van der Waals surface area contributed by atoms with Gasteiger partial charge in [0.1, 0.15) is 6.61 Å². The van der Waals surface area contributed by atoms with Crippen LogP contribution in [0, 0.1) is 0 Å². The molecule has 2 fully saturated rings. The molecule has 4 heteroatoms. The lowest BCUT2D eigenvalue weighted by molar-refractivity contribution is -0.125. The van der Waals surface area contributed by atoms with Crippen molar-refractivity contribution < 1.29 is 9.53 Å². The van der Waals surface area contributed by atoms with Crippen molar-refractivity contribution in [2.75, 3.05) is 37.7 Å². The van der Waals surface area contributed by atoms with Crippen molar-refractivity contribution in [1.82, 2.24) is 5.32 Å². The number of hydrogen-bond donors (Lipinski definition) is 1. The fourth-order valence-corrected chi connectivity index (χ4v) is 2.66. The van der Waals surface area contributed by atoms with E-state index < -0.39 is 0 Å². The van der Waals surface area contributed by atoms with Gasteiger partial charge in [-0.1, -0.05) is 12.1 Å². The molecule has 0 bridgehead atoms. The Hall–Kier alpha value is -1.39. The van der Waals surface area contributed by atoms with Gasteiger partial charge in [0.2, 0.25) is 0 Å². The van der Waals surface area contributed by atoms with Gasteiger partial charge in [0.15, 0.2) is 0 Å². The molecule has 2 aliphatic rings. The molecule has 2 aliphatic heterocycles. The molecule has 1 aromatic carbocycles. The van der Waals surface area contributed by atoms with Gasteiger partial charge in [-0.3, -0.25) is 4.79 Å². The molecule has 18 heavy (non-hydrogen) atoms. The van der Waals surface area contributed by atoms with Gasteiger partial charge < -0.3 is 15.0 Å². The second-order valence-electron chi connectivity index (χ2n) is 4.88. The molecular weight excluding hydrogens is 228 g/mol. The van der Waals surface area contributed by atoms with E-state index in [0.29, 0.717) is 19.1 Å². The van der Waals surface area contributed by atoms with Gasteiger partial charge in [-0.15, -0.1) is 0 Å². The minimum absolute atomic E-state index is 0.0523. The van der Waals surface area contributed by atoms with Gasteiger partial charge in [-0.2, -0.15) is 0 Å². The SMILES string of the molecule is O=C1COCCN1c1ccc(C2CCNC2)cc1. The molecule has 0 aromatic heterocycles. The van der Waals surface area contributed by atoms with E-state index in [1.54, 1.807) is 4.90 Å². The highest BCUT2D eigenvalue weighted by atomic mass is 16.5. The normalized spacial score (nSPS) is 24.6. The molecule has 0 spiro atoms. The van der Waals surface area contributed by atoms with Crippen molar-refractivity contribution >= 4 is 11.6 Å². The van der Waals surface area contributed by atoms with Crippen LogP contribution in [0.3, 0.4) is 0 Å². The number of nitrogens with one attached hydrogen (secondary N) is 1. The summed E-state index contributed by atoms with van der Waals surface area (Å²) in [6.45, 7) is 3.65. The number of ether oxygens (including phenoxy) is 1. The van der Waals surface area contributed by atoms with Crippen molar-refractivity contribution in [3.63, 3.8) is 0 Å². The lowest BCUT2D eigenvalue weighted by Gasteiger charge is -2.27. The van der Waals surface area contributed by atoms with E-state index in [-0.39, 0.29) is 12.5 Å². The summed E-state index contributed by atoms with van der Waals surface area (Å²) < 4.78 is 5.14. The lowest BCUT2D eigenvalue weighted by atomic mass is 9.98. The fourth-order valence-electron chi connectivity index (χ4n) is 2.66. The van der Waals surface area contributed by atoms with Gasteiger partial charge in [0, 0.05) is 18.8 Å². The third-order valence-electron chi connectivity index (χ3n) is 3.72. The smallest absolute Gasteiger partial charge is 0.253 e. The quantitative estimate of drug-likeness (QED) is 0.850. The monoisotopic (exact) mass is 246 g/mol. The summed E-state index contributed by atoms with van der Waals surface area (Å²) in [5.74, 6) is 0.677. The number of nitrogens with zero attached hydrogens (tertiary/aromatic N) is 1. The van der Waals surface area contributed by atoms with Gasteiger partial charge in [0.05, 0.1) is 6.61 Å². The summed E-state index contributed by atoms with van der Waals surface area (Å²) in [6, 6.07) is 8.40. The molecule has 1 aromatic rings. The molecule has 0 saturated carbocycles. The summed E-state index contributed by atoms with van der Waals surface area (Å²) in [5, 5.41) is 3.37. The predicted molar refractivity (Wildman–Crippen MR) is 69.8 cm³/mol. The summed E-state index contributed by atoms with van der Waals surface area (Å²) in [5.41, 5.74) is 2.35. The Morgan fingerprint density at radius 3 is 2.78 bits per heavy atom. The maximum Gasteiger partial charge on any atom is 0.253 e. The zero-order chi connectivity index (χ0) is 12.4. The molecule has 96 valence electrons. The van der Waals surface area contributed by atoms with E-state index in [1.807, 2.05) is 0 Å². The summed E-state index contributed by atoms with van der Waals surface area (Å²) in [6.07, 6.45) is 1.20. The van der Waals surface area contributed by atoms with E-state index in [0.717, 1.165) is 18.8 Å². The third-order valence-corrected chi connectivity index (χ3v) is 3.72. The molecule has 0 radical (unpaired) electrons. The van der Waals surface area contributed by atoms with Gasteiger partial charge >= 0.3 is 0 Å². The topological polar surface area (TPSA) is 41.6 Å². The Labute approximate surface area is 107 Å². The number of rotatable bonds is 2. The maximum absolute atomic E-state index is 11.7. The van der Waals surface area contributed by atoms with E-state index in [9.17, 15) is 4.79 Å². The first-order chi connectivity index (χ1) is 8.84. The number of benzene rings is 1. The average Bonchev–Trinajstić information content (AvgIpc) is 2.94. The van der Waals surface area contributed by atoms with Gasteiger partial charge in [-0.05, 0) is 36.6 Å². The number of carbonyl (C=O) groups excluding carboxylic acids is 1. The highest BCUT2D eigenvalue weighted by Gasteiger charge is 2.21. The molecule has 1 atom stereocenters. The second-order valence-corrected chi connectivity index (χ2v) is 4.88. The van der Waals surface area contributed by atoms with Crippen molar-refractivity contribution in [2.24, 2.45) is 0 Å². The van der Waals surface area contributed by atoms with Crippen LogP contribution in [0.5, 0.6) is 0 Å². The van der Waals surface area contributed by atoms with Crippen molar-refractivity contribution in [1.29, 1.82) is 0 Å². The molecule has 1 amide bonds. The first-order valence-electron chi connectivity index (χ1n) is 6.53. The number of carbonyl (C=O) groups is 1. The number of amides is 1. The molecule has 1 N–H and O–H groups in total. The van der Waals surface area contributed by atoms with Crippen LogP contribution in [0.4, 0.5) is 5.69 Å². The zero-order valence-corrected chi connectivity index (χ0v) is 10.4. The van der Waals surface area contributed by atoms with Crippen molar-refractivity contribution in [2.45, 2.75) is 12.3 Å². The van der Waals surface area contributed by atoms with Crippen LogP contribution in [0.25, 0.3) is 0 Å². The van der Waals surface area contributed by atoms with E-state index in [1.165, 1.54) is 12.0 Å². The summed E-state index contributed by atoms with van der Waals surface area (Å²) in [4.78, 5) is 13.5. The van der Waals surface area contributed by atoms with Gasteiger partial charge in [-0.25, -0.2) is 0 Å². The van der Waals surface area contributed by atoms with Crippen LogP contribution in [0.15, 0.2) is 24.3 Å². The van der Waals surface area contributed by atoms with Crippen LogP contribution >= 0.6 is 0 Å². The minimum Gasteiger partial charge on any atom is -0.370 e. The Balaban J connectivity index is 1.75. The van der Waals surface area contributed by atoms with Crippen LogP contribution in [0.1, 0.15) is 17.9 Å². The second kappa shape index (κ2) is 5.08. The van der Waals surface area contributed by atoms with E-state index in [4.69, 9.17) is 4.74 Å². The standard InChI is InChI=1S/C14H18N2O2/c17-14-10-18-8-7-16(14)13-3-1-11(2-4-13)12-5-6-15-9-12/h1-4,12,15H,5-10H2. The number of morpholine rings is 1. The summed E-state index contributed by atoms with van der Waals surface area (Å²) in [7, 11) is 0. The zero-order valence-electron chi connectivity index (χ0n) is 10.4. The molecule has 3 rings (SSSR count). The van der Waals surface area contributed by atoms with E-state index in [2.05, 4.69) is 29.6 Å². The molecule has 0 aliphatic carbocycles. The van der Waals surface area contributed by atoms with Gasteiger partial charge in [0.25, 0.3) is 5.91 Å². The van der Waals surface area contributed by atoms with Crippen molar-refractivity contribution in [3.8, 4) is 0 Å². The van der Waals surface area contributed by atoms with Crippen LogP contribution in [-0.4, -0.2) is 38.8 Å². The highest BCUT2D eigenvalue weighted by molar-refractivity contribution is 5.94. The molecule has 4 nitrogen and oxygen atoms in total. The van der Waals surface area contributed by atoms with Crippen LogP contribution in [-0.2, 0) is 9.53 Å². The Morgan fingerprint density at radius 2 is 2.11 bits per heavy atom. The Morgan fingerprint density at radius 1 is 1.28 bits per heavy atom. The predicted octanol–water partition coefficient (Wildman–Crippen LogP) is 1.13. The molecule has 2 heterocycles. The first-order valence-corrected chi connectivity index (χ1v) is 6.53. The fraction of sp³-hybridized carbons (Fsp3) is 0.500. The van der Waals surface area contributed by atoms with Crippen LogP contribution < -0.4 is 10.2 Å². The Kier molecular flexibility index (Phi) is 3.30. The number of hydrogen-bond acceptors (Lipinski definition) is 3. The largest absolute Gasteiger partial charge is 0.370 e. The number of anilines is 1. The molecular formula is C14H18N2O2. The van der Waals surface area contributed by atoms with E-state index >= 15 is 0 Å². The first kappa shape index (κ1) is 11.7. The average molecular weight is 246 g/mol. The van der Waals surface area contributed by atoms with Crippen molar-refractivity contribution in [3.05, 3.63) is 29.8 Å². The third kappa shape index (κ3) is 2.26. The Bertz CT molecular complexity index is 424.